The normalized spacial score (nSPS) is 11.6. The number of methoxy groups -OCH3 is 3. The van der Waals surface area contributed by atoms with E-state index >= 15 is 0 Å². The molecule has 128 valence electrons. The number of nitrogens with one attached hydrogen (secondary N) is 1. The van der Waals surface area contributed by atoms with Crippen molar-refractivity contribution in [2.75, 3.05) is 21.3 Å². The Morgan fingerprint density at radius 1 is 1.04 bits per heavy atom. The molecule has 0 aliphatic heterocycles. The van der Waals surface area contributed by atoms with Crippen LogP contribution in [-0.2, 0) is 11.3 Å². The zero-order chi connectivity index (χ0) is 17.5. The van der Waals surface area contributed by atoms with E-state index in [4.69, 9.17) is 14.2 Å². The highest BCUT2D eigenvalue weighted by atomic mass is 16.5. The quantitative estimate of drug-likeness (QED) is 0.774. The minimum atomic E-state index is -0.936. The van der Waals surface area contributed by atoms with Crippen LogP contribution in [0, 0.1) is 0 Å². The van der Waals surface area contributed by atoms with Gasteiger partial charge in [0.2, 0.25) is 5.75 Å². The van der Waals surface area contributed by atoms with Gasteiger partial charge in [-0.25, -0.2) is 0 Å². The van der Waals surface area contributed by atoms with E-state index < -0.39 is 12.0 Å². The van der Waals surface area contributed by atoms with Gasteiger partial charge in [0.25, 0.3) is 0 Å². The summed E-state index contributed by atoms with van der Waals surface area (Å²) in [6.07, 6.45) is 0. The first kappa shape index (κ1) is 17.6. The van der Waals surface area contributed by atoms with Crippen molar-refractivity contribution in [3.05, 3.63) is 53.6 Å². The van der Waals surface area contributed by atoms with E-state index in [1.165, 1.54) is 7.11 Å². The first-order valence-electron chi connectivity index (χ1n) is 7.40. The molecule has 0 saturated heterocycles. The molecule has 2 N–H and O–H groups in total. The fourth-order valence-electron chi connectivity index (χ4n) is 2.45. The average molecular weight is 331 g/mol. The third kappa shape index (κ3) is 3.97. The Morgan fingerprint density at radius 2 is 1.62 bits per heavy atom. The molecular weight excluding hydrogens is 310 g/mol. The summed E-state index contributed by atoms with van der Waals surface area (Å²) in [5.74, 6) is 0.621. The molecule has 6 heteroatoms. The van der Waals surface area contributed by atoms with Crippen LogP contribution in [0.4, 0.5) is 0 Å². The predicted octanol–water partition coefficient (Wildman–Crippen LogP) is 2.63. The van der Waals surface area contributed by atoms with Crippen LogP contribution in [-0.4, -0.2) is 32.4 Å². The number of rotatable bonds is 8. The SMILES string of the molecule is COc1cc(CN[C@H](C(=O)O)c2ccccc2)cc(OC)c1OC. The monoisotopic (exact) mass is 331 g/mol. The molecule has 0 unspecified atom stereocenters. The zero-order valence-corrected chi connectivity index (χ0v) is 13.9. The first-order valence-corrected chi connectivity index (χ1v) is 7.40. The molecule has 0 aliphatic carbocycles. The average Bonchev–Trinajstić information content (AvgIpc) is 2.61. The van der Waals surface area contributed by atoms with Crippen molar-refractivity contribution in [1.29, 1.82) is 0 Å². The topological polar surface area (TPSA) is 77.0 Å². The molecular formula is C18H21NO5. The van der Waals surface area contributed by atoms with Gasteiger partial charge in [-0.05, 0) is 23.3 Å². The summed E-state index contributed by atoms with van der Waals surface area (Å²) >= 11 is 0. The van der Waals surface area contributed by atoms with Gasteiger partial charge < -0.3 is 19.3 Å². The molecule has 2 aromatic rings. The summed E-state index contributed by atoms with van der Waals surface area (Å²) in [7, 11) is 4.62. The van der Waals surface area contributed by atoms with Crippen molar-refractivity contribution in [2.45, 2.75) is 12.6 Å². The molecule has 6 nitrogen and oxygen atoms in total. The summed E-state index contributed by atoms with van der Waals surface area (Å²) in [4.78, 5) is 11.5. The van der Waals surface area contributed by atoms with Crippen LogP contribution in [0.3, 0.4) is 0 Å². The maximum absolute atomic E-state index is 11.5. The van der Waals surface area contributed by atoms with Crippen molar-refractivity contribution >= 4 is 5.97 Å². The second-order valence-corrected chi connectivity index (χ2v) is 5.10. The Morgan fingerprint density at radius 3 is 2.08 bits per heavy atom. The van der Waals surface area contributed by atoms with Crippen LogP contribution in [0.15, 0.2) is 42.5 Å². The summed E-state index contributed by atoms with van der Waals surface area (Å²) in [6.45, 7) is 0.336. The van der Waals surface area contributed by atoms with Gasteiger partial charge in [-0.3, -0.25) is 10.1 Å². The van der Waals surface area contributed by atoms with Gasteiger partial charge in [0.05, 0.1) is 21.3 Å². The predicted molar refractivity (Wildman–Crippen MR) is 89.8 cm³/mol. The highest BCUT2D eigenvalue weighted by molar-refractivity contribution is 5.75. The lowest BCUT2D eigenvalue weighted by atomic mass is 10.1. The Balaban J connectivity index is 2.22. The van der Waals surface area contributed by atoms with Crippen LogP contribution in [0.5, 0.6) is 17.2 Å². The van der Waals surface area contributed by atoms with E-state index in [2.05, 4.69) is 5.32 Å². The summed E-state index contributed by atoms with van der Waals surface area (Å²) < 4.78 is 15.9. The molecule has 0 spiro atoms. The standard InChI is InChI=1S/C18H21NO5/c1-22-14-9-12(10-15(23-2)17(14)24-3)11-19-16(18(20)21)13-7-5-4-6-8-13/h4-10,16,19H,11H2,1-3H3,(H,20,21)/t16-/m0/s1. The lowest BCUT2D eigenvalue weighted by Gasteiger charge is -2.17. The maximum atomic E-state index is 11.5. The van der Waals surface area contributed by atoms with Gasteiger partial charge in [-0.1, -0.05) is 30.3 Å². The van der Waals surface area contributed by atoms with Crippen molar-refractivity contribution in [1.82, 2.24) is 5.32 Å². The maximum Gasteiger partial charge on any atom is 0.325 e. The molecule has 0 amide bonds. The molecule has 0 bridgehead atoms. The van der Waals surface area contributed by atoms with Crippen LogP contribution in [0.25, 0.3) is 0 Å². The second kappa shape index (κ2) is 8.21. The Hall–Kier alpha value is -2.73. The molecule has 24 heavy (non-hydrogen) atoms. The number of hydrogen-bond donors (Lipinski definition) is 2. The minimum Gasteiger partial charge on any atom is -0.493 e. The van der Waals surface area contributed by atoms with Gasteiger partial charge in [0.15, 0.2) is 11.5 Å². The van der Waals surface area contributed by atoms with Gasteiger partial charge in [-0.2, -0.15) is 0 Å². The number of carboxylic acids is 1. The van der Waals surface area contributed by atoms with E-state index in [-0.39, 0.29) is 0 Å². The third-order valence-corrected chi connectivity index (χ3v) is 3.61. The lowest BCUT2D eigenvalue weighted by Crippen LogP contribution is -2.28. The van der Waals surface area contributed by atoms with Crippen molar-refractivity contribution in [2.24, 2.45) is 0 Å². The minimum absolute atomic E-state index is 0.336. The first-order chi connectivity index (χ1) is 11.6. The van der Waals surface area contributed by atoms with Gasteiger partial charge in [0, 0.05) is 6.54 Å². The smallest absolute Gasteiger partial charge is 0.325 e. The van der Waals surface area contributed by atoms with Crippen molar-refractivity contribution < 1.29 is 24.1 Å². The van der Waals surface area contributed by atoms with Gasteiger partial charge >= 0.3 is 5.97 Å². The fraction of sp³-hybridized carbons (Fsp3) is 0.278. The largest absolute Gasteiger partial charge is 0.493 e. The molecule has 0 aliphatic rings. The van der Waals surface area contributed by atoms with E-state index in [9.17, 15) is 9.90 Å². The molecule has 0 heterocycles. The number of carbonyl (C=O) groups is 1. The fourth-order valence-corrected chi connectivity index (χ4v) is 2.45. The number of hydrogen-bond acceptors (Lipinski definition) is 5. The van der Waals surface area contributed by atoms with Gasteiger partial charge in [0.1, 0.15) is 6.04 Å². The molecule has 0 aromatic heterocycles. The van der Waals surface area contributed by atoms with Crippen molar-refractivity contribution in [3.8, 4) is 17.2 Å². The lowest BCUT2D eigenvalue weighted by molar-refractivity contribution is -0.139. The molecule has 1 atom stereocenters. The Kier molecular flexibility index (Phi) is 6.03. The Bertz CT molecular complexity index is 662. The van der Waals surface area contributed by atoms with Crippen LogP contribution in [0.1, 0.15) is 17.2 Å². The third-order valence-electron chi connectivity index (χ3n) is 3.61. The molecule has 2 rings (SSSR count). The number of ether oxygens (including phenoxy) is 3. The highest BCUT2D eigenvalue weighted by Crippen LogP contribution is 2.38. The molecule has 2 aromatic carbocycles. The highest BCUT2D eigenvalue weighted by Gasteiger charge is 2.20. The van der Waals surface area contributed by atoms with Crippen LogP contribution >= 0.6 is 0 Å². The van der Waals surface area contributed by atoms with Crippen LogP contribution < -0.4 is 19.5 Å². The summed E-state index contributed by atoms with van der Waals surface area (Å²) in [6, 6.07) is 11.8. The van der Waals surface area contributed by atoms with E-state index in [1.807, 2.05) is 18.2 Å². The Labute approximate surface area is 141 Å². The second-order valence-electron chi connectivity index (χ2n) is 5.10. The van der Waals surface area contributed by atoms with Crippen molar-refractivity contribution in [3.63, 3.8) is 0 Å². The zero-order valence-electron chi connectivity index (χ0n) is 13.9. The molecule has 0 radical (unpaired) electrons. The molecule has 0 fully saturated rings. The van der Waals surface area contributed by atoms with Crippen LogP contribution in [0.2, 0.25) is 0 Å². The summed E-state index contributed by atoms with van der Waals surface area (Å²) in [5, 5.41) is 12.5. The van der Waals surface area contributed by atoms with E-state index in [1.54, 1.807) is 38.5 Å². The van der Waals surface area contributed by atoms with E-state index in [0.717, 1.165) is 5.56 Å². The number of aliphatic carboxylic acids is 1. The number of benzene rings is 2. The summed E-state index contributed by atoms with van der Waals surface area (Å²) in [5.41, 5.74) is 1.52. The van der Waals surface area contributed by atoms with E-state index in [0.29, 0.717) is 29.4 Å². The van der Waals surface area contributed by atoms with Gasteiger partial charge in [-0.15, -0.1) is 0 Å². The molecule has 0 saturated carbocycles. The number of carboxylic acid groups (broad SMARTS) is 1.